The highest BCUT2D eigenvalue weighted by Gasteiger charge is 2.04. The maximum absolute atomic E-state index is 6.05. The van der Waals surface area contributed by atoms with Crippen molar-refractivity contribution in [1.82, 2.24) is 5.32 Å². The van der Waals surface area contributed by atoms with E-state index in [1.807, 2.05) is 24.3 Å². The van der Waals surface area contributed by atoms with Crippen molar-refractivity contribution in [2.24, 2.45) is 0 Å². The van der Waals surface area contributed by atoms with Gasteiger partial charge in [-0.3, -0.25) is 0 Å². The number of rotatable bonds is 4. The molecule has 0 aliphatic rings. The van der Waals surface area contributed by atoms with Gasteiger partial charge in [0.25, 0.3) is 0 Å². The minimum absolute atomic E-state index is 0.643. The lowest BCUT2D eigenvalue weighted by atomic mass is 10.2. The van der Waals surface area contributed by atoms with E-state index in [0.29, 0.717) is 16.6 Å². The Bertz CT molecular complexity index is 434. The maximum Gasteiger partial charge on any atom is 0.0947 e. The lowest BCUT2D eigenvalue weighted by molar-refractivity contribution is 0.560. The van der Waals surface area contributed by atoms with E-state index in [1.165, 1.54) is 0 Å². The molecule has 0 saturated heterocycles. The van der Waals surface area contributed by atoms with Crippen LogP contribution < -0.4 is 5.32 Å². The van der Waals surface area contributed by atoms with Gasteiger partial charge >= 0.3 is 0 Å². The van der Waals surface area contributed by atoms with Crippen molar-refractivity contribution < 1.29 is 4.42 Å². The highest BCUT2D eigenvalue weighted by atomic mass is 35.5. The second-order valence-electron chi connectivity index (χ2n) is 3.44. The predicted octanol–water partition coefficient (Wildman–Crippen LogP) is 3.88. The molecule has 0 spiro atoms. The number of hydrogen-bond donors (Lipinski definition) is 1. The van der Waals surface area contributed by atoms with Crippen molar-refractivity contribution in [3.63, 3.8) is 0 Å². The van der Waals surface area contributed by atoms with E-state index in [-0.39, 0.29) is 0 Å². The topological polar surface area (TPSA) is 25.2 Å². The van der Waals surface area contributed by atoms with Crippen LogP contribution in [0.2, 0.25) is 10.0 Å². The first kappa shape index (κ1) is 11.5. The van der Waals surface area contributed by atoms with E-state index < -0.39 is 0 Å². The van der Waals surface area contributed by atoms with Crippen LogP contribution in [0.5, 0.6) is 0 Å². The third-order valence-corrected chi connectivity index (χ3v) is 2.98. The molecule has 0 aliphatic carbocycles. The molecule has 2 aromatic rings. The maximum atomic E-state index is 6.05. The Labute approximate surface area is 104 Å². The normalized spacial score (nSPS) is 10.6. The van der Waals surface area contributed by atoms with Gasteiger partial charge < -0.3 is 9.73 Å². The van der Waals surface area contributed by atoms with Gasteiger partial charge in [-0.1, -0.05) is 29.3 Å². The van der Waals surface area contributed by atoms with E-state index in [9.17, 15) is 0 Å². The van der Waals surface area contributed by atoms with Crippen LogP contribution in [0.1, 0.15) is 11.1 Å². The SMILES string of the molecule is Clc1cccc(Cl)c1CNCc1ccoc1. The van der Waals surface area contributed by atoms with Crippen LogP contribution in [0.4, 0.5) is 0 Å². The first-order valence-electron chi connectivity index (χ1n) is 4.92. The average Bonchev–Trinajstić information content (AvgIpc) is 2.75. The van der Waals surface area contributed by atoms with Crippen molar-refractivity contribution in [3.8, 4) is 0 Å². The van der Waals surface area contributed by atoms with E-state index in [2.05, 4.69) is 5.32 Å². The van der Waals surface area contributed by atoms with Crippen molar-refractivity contribution >= 4 is 23.2 Å². The van der Waals surface area contributed by atoms with Crippen LogP contribution in [-0.2, 0) is 13.1 Å². The van der Waals surface area contributed by atoms with E-state index in [0.717, 1.165) is 17.7 Å². The molecule has 0 radical (unpaired) electrons. The van der Waals surface area contributed by atoms with Crippen molar-refractivity contribution in [2.75, 3.05) is 0 Å². The summed E-state index contributed by atoms with van der Waals surface area (Å²) < 4.78 is 4.97. The Morgan fingerprint density at radius 3 is 2.44 bits per heavy atom. The fraction of sp³-hybridized carbons (Fsp3) is 0.167. The minimum atomic E-state index is 0.643. The molecule has 84 valence electrons. The van der Waals surface area contributed by atoms with Crippen molar-refractivity contribution in [1.29, 1.82) is 0 Å². The highest BCUT2D eigenvalue weighted by Crippen LogP contribution is 2.23. The van der Waals surface area contributed by atoms with Crippen LogP contribution in [0.3, 0.4) is 0 Å². The Kier molecular flexibility index (Phi) is 3.88. The Morgan fingerprint density at radius 1 is 1.06 bits per heavy atom. The molecule has 16 heavy (non-hydrogen) atoms. The van der Waals surface area contributed by atoms with Crippen molar-refractivity contribution in [3.05, 3.63) is 58.0 Å². The molecule has 0 fully saturated rings. The number of benzene rings is 1. The number of halogens is 2. The molecule has 2 nitrogen and oxygen atoms in total. The van der Waals surface area contributed by atoms with Gasteiger partial charge in [-0.25, -0.2) is 0 Å². The van der Waals surface area contributed by atoms with E-state index >= 15 is 0 Å². The molecule has 0 saturated carbocycles. The quantitative estimate of drug-likeness (QED) is 0.898. The summed E-state index contributed by atoms with van der Waals surface area (Å²) in [7, 11) is 0. The van der Waals surface area contributed by atoms with Crippen molar-refractivity contribution in [2.45, 2.75) is 13.1 Å². The lowest BCUT2D eigenvalue weighted by Gasteiger charge is -2.07. The zero-order valence-corrected chi connectivity index (χ0v) is 10.1. The molecule has 1 aromatic heterocycles. The fourth-order valence-electron chi connectivity index (χ4n) is 1.43. The average molecular weight is 256 g/mol. The first-order valence-corrected chi connectivity index (χ1v) is 5.67. The molecule has 1 heterocycles. The third-order valence-electron chi connectivity index (χ3n) is 2.27. The molecular formula is C12H11Cl2NO. The molecule has 0 amide bonds. The highest BCUT2D eigenvalue weighted by molar-refractivity contribution is 6.35. The van der Waals surface area contributed by atoms with Gasteiger partial charge in [0, 0.05) is 34.3 Å². The fourth-order valence-corrected chi connectivity index (χ4v) is 1.96. The molecule has 0 unspecified atom stereocenters. The first-order chi connectivity index (χ1) is 7.77. The van der Waals surface area contributed by atoms with Gasteiger partial charge in [0.05, 0.1) is 12.5 Å². The Morgan fingerprint density at radius 2 is 1.81 bits per heavy atom. The van der Waals surface area contributed by atoms with E-state index in [4.69, 9.17) is 27.6 Å². The predicted molar refractivity (Wildman–Crippen MR) is 65.7 cm³/mol. The molecule has 2 rings (SSSR count). The molecule has 0 bridgehead atoms. The van der Waals surface area contributed by atoms with Crippen LogP contribution >= 0.6 is 23.2 Å². The molecule has 0 aliphatic heterocycles. The smallest absolute Gasteiger partial charge is 0.0947 e. The monoisotopic (exact) mass is 255 g/mol. The van der Waals surface area contributed by atoms with Gasteiger partial charge in [-0.2, -0.15) is 0 Å². The summed E-state index contributed by atoms with van der Waals surface area (Å²) in [6.45, 7) is 1.38. The van der Waals surface area contributed by atoms with Crippen LogP contribution in [0.25, 0.3) is 0 Å². The Balaban J connectivity index is 1.95. The van der Waals surface area contributed by atoms with Crippen LogP contribution in [0, 0.1) is 0 Å². The summed E-state index contributed by atoms with van der Waals surface area (Å²) in [5.74, 6) is 0. The summed E-state index contributed by atoms with van der Waals surface area (Å²) >= 11 is 12.1. The minimum Gasteiger partial charge on any atom is -0.472 e. The Hall–Kier alpha value is -0.960. The summed E-state index contributed by atoms with van der Waals surface area (Å²) in [5, 5.41) is 4.63. The molecule has 4 heteroatoms. The van der Waals surface area contributed by atoms with Gasteiger partial charge in [-0.15, -0.1) is 0 Å². The molecular weight excluding hydrogens is 245 g/mol. The van der Waals surface area contributed by atoms with Crippen LogP contribution in [-0.4, -0.2) is 0 Å². The largest absolute Gasteiger partial charge is 0.472 e. The summed E-state index contributed by atoms with van der Waals surface area (Å²) in [6, 6.07) is 7.43. The standard InChI is InChI=1S/C12H11Cl2NO/c13-11-2-1-3-12(14)10(11)7-15-6-9-4-5-16-8-9/h1-5,8,15H,6-7H2. The van der Waals surface area contributed by atoms with E-state index in [1.54, 1.807) is 12.5 Å². The third kappa shape index (κ3) is 2.79. The van der Waals surface area contributed by atoms with Crippen LogP contribution in [0.15, 0.2) is 41.2 Å². The van der Waals surface area contributed by atoms with Gasteiger partial charge in [0.2, 0.25) is 0 Å². The second-order valence-corrected chi connectivity index (χ2v) is 4.25. The summed E-state index contributed by atoms with van der Waals surface area (Å²) in [6.07, 6.45) is 3.36. The summed E-state index contributed by atoms with van der Waals surface area (Å²) in [4.78, 5) is 0. The number of furan rings is 1. The molecule has 1 N–H and O–H groups in total. The number of hydrogen-bond acceptors (Lipinski definition) is 2. The second kappa shape index (κ2) is 5.39. The van der Waals surface area contributed by atoms with Gasteiger partial charge in [-0.05, 0) is 18.2 Å². The lowest BCUT2D eigenvalue weighted by Crippen LogP contribution is -2.12. The summed E-state index contributed by atoms with van der Waals surface area (Å²) in [5.41, 5.74) is 2.03. The zero-order valence-electron chi connectivity index (χ0n) is 8.54. The molecule has 1 aromatic carbocycles. The zero-order chi connectivity index (χ0) is 11.4. The number of nitrogens with one attached hydrogen (secondary N) is 1. The van der Waals surface area contributed by atoms with Gasteiger partial charge in [0.1, 0.15) is 0 Å². The molecule has 0 atom stereocenters. The van der Waals surface area contributed by atoms with Gasteiger partial charge in [0.15, 0.2) is 0 Å².